The lowest BCUT2D eigenvalue weighted by molar-refractivity contribution is 0.130. The first-order chi connectivity index (χ1) is 12.3. The van der Waals surface area contributed by atoms with Crippen LogP contribution in [0.15, 0.2) is 29.0 Å². The van der Waals surface area contributed by atoms with E-state index in [1.54, 1.807) is 12.4 Å². The fraction of sp³-hybridized carbons (Fsp3) is 0.556. The van der Waals surface area contributed by atoms with Crippen molar-refractivity contribution in [3.8, 4) is 11.4 Å². The van der Waals surface area contributed by atoms with Gasteiger partial charge in [-0.05, 0) is 44.2 Å². The Labute approximate surface area is 146 Å². The van der Waals surface area contributed by atoms with Gasteiger partial charge < -0.3 is 14.7 Å². The van der Waals surface area contributed by atoms with Crippen molar-refractivity contribution in [3.63, 3.8) is 0 Å². The van der Waals surface area contributed by atoms with E-state index in [1.165, 1.54) is 0 Å². The molecule has 2 saturated heterocycles. The van der Waals surface area contributed by atoms with E-state index in [2.05, 4.69) is 27.4 Å². The molecule has 0 saturated carbocycles. The van der Waals surface area contributed by atoms with Gasteiger partial charge in [-0.2, -0.15) is 4.98 Å². The molecular weight excluding hydrogens is 318 g/mol. The summed E-state index contributed by atoms with van der Waals surface area (Å²) in [4.78, 5) is 23.1. The van der Waals surface area contributed by atoms with Crippen LogP contribution in [-0.2, 0) is 0 Å². The number of nitrogens with one attached hydrogen (secondary N) is 1. The van der Waals surface area contributed by atoms with Crippen molar-refractivity contribution in [1.82, 2.24) is 25.3 Å². The molecule has 2 aromatic heterocycles. The summed E-state index contributed by atoms with van der Waals surface area (Å²) in [5, 5.41) is 7.12. The number of rotatable bonds is 4. The molecule has 7 nitrogen and oxygen atoms in total. The first kappa shape index (κ1) is 16.1. The third kappa shape index (κ3) is 3.10. The van der Waals surface area contributed by atoms with E-state index >= 15 is 0 Å². The fourth-order valence-electron chi connectivity index (χ4n) is 4.05. The maximum atomic E-state index is 12.4. The van der Waals surface area contributed by atoms with E-state index in [0.717, 1.165) is 44.2 Å². The first-order valence-corrected chi connectivity index (χ1v) is 9.06. The Hall–Kier alpha value is -2.44. The largest absolute Gasteiger partial charge is 0.339 e. The number of fused-ring (bicyclic) bond motifs is 2. The lowest BCUT2D eigenvalue weighted by Gasteiger charge is -2.37. The van der Waals surface area contributed by atoms with Crippen LogP contribution in [0.25, 0.3) is 11.4 Å². The topological polar surface area (TPSA) is 84.2 Å². The van der Waals surface area contributed by atoms with Crippen molar-refractivity contribution in [2.24, 2.45) is 0 Å². The van der Waals surface area contributed by atoms with Gasteiger partial charge in [0.1, 0.15) is 0 Å². The van der Waals surface area contributed by atoms with Gasteiger partial charge >= 0.3 is 6.03 Å². The summed E-state index contributed by atoms with van der Waals surface area (Å²) in [6.07, 6.45) is 8.32. The second-order valence-corrected chi connectivity index (χ2v) is 6.89. The predicted octanol–water partition coefficient (Wildman–Crippen LogP) is 2.96. The average Bonchev–Trinajstić information content (AvgIpc) is 3.24. The van der Waals surface area contributed by atoms with E-state index in [0.29, 0.717) is 11.7 Å². The van der Waals surface area contributed by atoms with Crippen LogP contribution in [-0.4, -0.2) is 44.7 Å². The van der Waals surface area contributed by atoms with Gasteiger partial charge in [-0.15, -0.1) is 0 Å². The predicted molar refractivity (Wildman–Crippen MR) is 91.8 cm³/mol. The van der Waals surface area contributed by atoms with Crippen molar-refractivity contribution < 1.29 is 9.32 Å². The Morgan fingerprint density at radius 2 is 2.16 bits per heavy atom. The Bertz CT molecular complexity index is 718. The summed E-state index contributed by atoms with van der Waals surface area (Å²) in [7, 11) is 0. The Morgan fingerprint density at radius 3 is 2.84 bits per heavy atom. The molecule has 2 bridgehead atoms. The molecule has 0 spiro atoms. The van der Waals surface area contributed by atoms with Crippen LogP contribution >= 0.6 is 0 Å². The summed E-state index contributed by atoms with van der Waals surface area (Å²) in [6, 6.07) is 4.41. The normalized spacial score (nSPS) is 25.2. The highest BCUT2D eigenvalue weighted by Crippen LogP contribution is 2.42. The highest BCUT2D eigenvalue weighted by atomic mass is 16.5. The zero-order valence-corrected chi connectivity index (χ0v) is 14.4. The van der Waals surface area contributed by atoms with Gasteiger partial charge in [0, 0.05) is 42.5 Å². The molecule has 0 aromatic carbocycles. The maximum Gasteiger partial charge on any atom is 0.317 e. The zero-order chi connectivity index (χ0) is 17.2. The molecule has 7 heteroatoms. The van der Waals surface area contributed by atoms with Crippen LogP contribution in [0.1, 0.15) is 50.8 Å². The van der Waals surface area contributed by atoms with Crippen LogP contribution in [0.2, 0.25) is 0 Å². The Balaban J connectivity index is 1.46. The van der Waals surface area contributed by atoms with Crippen LogP contribution in [0.3, 0.4) is 0 Å². The molecule has 2 aliphatic rings. The molecule has 0 radical (unpaired) electrons. The van der Waals surface area contributed by atoms with Gasteiger partial charge in [0.05, 0.1) is 0 Å². The number of amides is 2. The van der Waals surface area contributed by atoms with Crippen molar-refractivity contribution in [1.29, 1.82) is 0 Å². The van der Waals surface area contributed by atoms with Gasteiger partial charge in [0.25, 0.3) is 0 Å². The number of carbonyl (C=O) groups excluding carboxylic acids is 1. The van der Waals surface area contributed by atoms with Crippen molar-refractivity contribution in [2.45, 2.75) is 57.0 Å². The standard InChI is InChI=1S/C18H23N5O2/c1-2-7-20-18(24)23-14-5-6-15(23)10-13(9-14)17-21-16(22-25-17)12-4-3-8-19-11-12/h3-4,8,11,13-15H,2,5-7,9-10H2,1H3,(H,20,24)/t13?,14-,15+. The SMILES string of the molecule is CCCNC(=O)N1[C@@H]2CC[C@H]1CC(c1nc(-c3cccnc3)no1)C2. The summed E-state index contributed by atoms with van der Waals surface area (Å²) >= 11 is 0. The molecule has 2 fully saturated rings. The van der Waals surface area contributed by atoms with Crippen LogP contribution in [0.5, 0.6) is 0 Å². The molecule has 2 aromatic rings. The third-order valence-electron chi connectivity index (χ3n) is 5.20. The molecule has 4 heterocycles. The number of hydrogen-bond donors (Lipinski definition) is 1. The van der Waals surface area contributed by atoms with Crippen LogP contribution < -0.4 is 5.32 Å². The van der Waals surface area contributed by atoms with E-state index in [1.807, 2.05) is 17.0 Å². The van der Waals surface area contributed by atoms with Gasteiger partial charge in [-0.25, -0.2) is 4.79 Å². The number of pyridine rings is 1. The minimum Gasteiger partial charge on any atom is -0.339 e. The molecule has 132 valence electrons. The smallest absolute Gasteiger partial charge is 0.317 e. The van der Waals surface area contributed by atoms with Crippen LogP contribution in [0, 0.1) is 0 Å². The molecule has 4 rings (SSSR count). The van der Waals surface area contributed by atoms with Gasteiger partial charge in [-0.3, -0.25) is 4.98 Å². The molecule has 1 N–H and O–H groups in total. The lowest BCUT2D eigenvalue weighted by Crippen LogP contribution is -2.50. The molecule has 2 aliphatic heterocycles. The second kappa shape index (κ2) is 6.82. The van der Waals surface area contributed by atoms with E-state index in [9.17, 15) is 4.79 Å². The summed E-state index contributed by atoms with van der Waals surface area (Å²) < 4.78 is 5.54. The third-order valence-corrected chi connectivity index (χ3v) is 5.20. The minimum atomic E-state index is 0.0781. The van der Waals surface area contributed by atoms with Crippen molar-refractivity contribution >= 4 is 6.03 Å². The van der Waals surface area contributed by atoms with E-state index < -0.39 is 0 Å². The maximum absolute atomic E-state index is 12.4. The highest BCUT2D eigenvalue weighted by molar-refractivity contribution is 5.75. The number of aromatic nitrogens is 3. The zero-order valence-electron chi connectivity index (χ0n) is 14.4. The molecule has 2 amide bonds. The van der Waals surface area contributed by atoms with Crippen LogP contribution in [0.4, 0.5) is 4.79 Å². The van der Waals surface area contributed by atoms with Gasteiger partial charge in [0.2, 0.25) is 11.7 Å². The van der Waals surface area contributed by atoms with Gasteiger partial charge in [-0.1, -0.05) is 12.1 Å². The number of urea groups is 1. The monoisotopic (exact) mass is 341 g/mol. The number of hydrogen-bond acceptors (Lipinski definition) is 5. The summed E-state index contributed by atoms with van der Waals surface area (Å²) in [5.74, 6) is 1.49. The summed E-state index contributed by atoms with van der Waals surface area (Å²) in [5.41, 5.74) is 0.858. The van der Waals surface area contributed by atoms with E-state index in [-0.39, 0.29) is 24.0 Å². The lowest BCUT2D eigenvalue weighted by atomic mass is 9.91. The Kier molecular flexibility index (Phi) is 4.38. The average molecular weight is 341 g/mol. The molecule has 1 unspecified atom stereocenters. The number of piperidine rings is 1. The highest BCUT2D eigenvalue weighted by Gasteiger charge is 2.45. The number of carbonyl (C=O) groups is 1. The molecule has 3 atom stereocenters. The van der Waals surface area contributed by atoms with E-state index in [4.69, 9.17) is 4.52 Å². The fourth-order valence-corrected chi connectivity index (χ4v) is 4.05. The quantitative estimate of drug-likeness (QED) is 0.924. The Morgan fingerprint density at radius 1 is 1.36 bits per heavy atom. The molecule has 25 heavy (non-hydrogen) atoms. The molecular formula is C18H23N5O2. The second-order valence-electron chi connectivity index (χ2n) is 6.89. The minimum absolute atomic E-state index is 0.0781. The summed E-state index contributed by atoms with van der Waals surface area (Å²) in [6.45, 7) is 2.80. The van der Waals surface area contributed by atoms with Gasteiger partial charge in [0.15, 0.2) is 0 Å². The van der Waals surface area contributed by atoms with Crippen molar-refractivity contribution in [3.05, 3.63) is 30.4 Å². The van der Waals surface area contributed by atoms with Crippen molar-refractivity contribution in [2.75, 3.05) is 6.54 Å². The first-order valence-electron chi connectivity index (χ1n) is 9.06. The number of nitrogens with zero attached hydrogens (tertiary/aromatic N) is 4. The molecule has 0 aliphatic carbocycles.